The van der Waals surface area contributed by atoms with Crippen LogP contribution in [-0.2, 0) is 17.9 Å². The van der Waals surface area contributed by atoms with Crippen LogP contribution in [0, 0.1) is 0 Å². The zero-order valence-corrected chi connectivity index (χ0v) is 18.3. The molecule has 2 heterocycles. The predicted molar refractivity (Wildman–Crippen MR) is 130 cm³/mol. The highest BCUT2D eigenvalue weighted by atomic mass is 16.2. The van der Waals surface area contributed by atoms with Crippen molar-refractivity contribution in [3.63, 3.8) is 0 Å². The van der Waals surface area contributed by atoms with Crippen LogP contribution in [0.3, 0.4) is 0 Å². The van der Waals surface area contributed by atoms with E-state index in [0.29, 0.717) is 12.1 Å². The number of benzene rings is 3. The summed E-state index contributed by atoms with van der Waals surface area (Å²) in [7, 11) is 0. The Labute approximate surface area is 191 Å². The van der Waals surface area contributed by atoms with Gasteiger partial charge in [0.05, 0.1) is 12.2 Å². The fraction of sp³-hybridized carbons (Fsp3) is 0.148. The van der Waals surface area contributed by atoms with E-state index in [0.717, 1.165) is 27.4 Å². The second-order valence-electron chi connectivity index (χ2n) is 8.16. The first-order valence-electron chi connectivity index (χ1n) is 11.0. The quantitative estimate of drug-likeness (QED) is 0.432. The number of fused-ring (bicyclic) bond motifs is 3. The maximum absolute atomic E-state index is 13.5. The molecule has 0 fully saturated rings. The van der Waals surface area contributed by atoms with Crippen molar-refractivity contribution in [3.8, 4) is 0 Å². The van der Waals surface area contributed by atoms with Gasteiger partial charge in [-0.25, -0.2) is 4.68 Å². The normalized spacial score (nSPS) is 12.2. The first kappa shape index (κ1) is 20.7. The van der Waals surface area contributed by atoms with Gasteiger partial charge < -0.3 is 9.88 Å². The Bertz CT molecular complexity index is 1490. The Morgan fingerprint density at radius 3 is 2.33 bits per heavy atom. The molecule has 0 bridgehead atoms. The third-order valence-electron chi connectivity index (χ3n) is 5.93. The van der Waals surface area contributed by atoms with E-state index >= 15 is 0 Å². The van der Waals surface area contributed by atoms with E-state index in [9.17, 15) is 9.59 Å². The average Bonchev–Trinajstić information content (AvgIpc) is 3.16. The number of carbonyl (C=O) groups excluding carboxylic acids is 1. The third kappa shape index (κ3) is 4.03. The molecule has 6 heteroatoms. The van der Waals surface area contributed by atoms with Crippen LogP contribution >= 0.6 is 0 Å². The van der Waals surface area contributed by atoms with Crippen LogP contribution in [-0.4, -0.2) is 20.3 Å². The summed E-state index contributed by atoms with van der Waals surface area (Å²) in [5.74, 6) is -0.258. The number of nitrogens with one attached hydrogen (secondary N) is 1. The molecule has 0 aliphatic heterocycles. The summed E-state index contributed by atoms with van der Waals surface area (Å²) in [5.41, 5.74) is 3.35. The molecule has 0 radical (unpaired) electrons. The molecule has 33 heavy (non-hydrogen) atoms. The summed E-state index contributed by atoms with van der Waals surface area (Å²) in [6, 6.07) is 27.5. The molecular formula is C27H24N4O2. The van der Waals surface area contributed by atoms with Crippen LogP contribution in [0.4, 0.5) is 0 Å². The largest absolute Gasteiger partial charge is 0.348 e. The Hall–Kier alpha value is -4.19. The Morgan fingerprint density at radius 2 is 1.58 bits per heavy atom. The SMILES string of the molecule is CC(NC(=O)Cn1ncc2c3ccccc3n(Cc3ccccc3)c2c1=O)c1ccccc1. The minimum absolute atomic E-state index is 0.140. The van der Waals surface area contributed by atoms with Crippen LogP contribution < -0.4 is 10.9 Å². The molecule has 1 N–H and O–H groups in total. The highest BCUT2D eigenvalue weighted by Gasteiger charge is 2.18. The van der Waals surface area contributed by atoms with Gasteiger partial charge in [-0.15, -0.1) is 0 Å². The molecule has 0 spiro atoms. The third-order valence-corrected chi connectivity index (χ3v) is 5.93. The summed E-state index contributed by atoms with van der Waals surface area (Å²) in [5, 5.41) is 9.05. The highest BCUT2D eigenvalue weighted by Crippen LogP contribution is 2.27. The molecule has 5 aromatic rings. The number of carbonyl (C=O) groups is 1. The van der Waals surface area contributed by atoms with Crippen molar-refractivity contribution in [1.82, 2.24) is 19.7 Å². The number of hydrogen-bond donors (Lipinski definition) is 1. The fourth-order valence-electron chi connectivity index (χ4n) is 4.28. The van der Waals surface area contributed by atoms with Gasteiger partial charge in [0.1, 0.15) is 12.1 Å². The molecule has 164 valence electrons. The number of para-hydroxylation sites is 1. The van der Waals surface area contributed by atoms with Crippen LogP contribution in [0.1, 0.15) is 24.1 Å². The Kier molecular flexibility index (Phi) is 5.48. The van der Waals surface area contributed by atoms with Crippen molar-refractivity contribution in [3.05, 3.63) is 113 Å². The molecule has 3 aromatic carbocycles. The number of amides is 1. The summed E-state index contributed by atoms with van der Waals surface area (Å²) >= 11 is 0. The summed E-state index contributed by atoms with van der Waals surface area (Å²) < 4.78 is 3.26. The van der Waals surface area contributed by atoms with E-state index in [-0.39, 0.29) is 24.1 Å². The van der Waals surface area contributed by atoms with Crippen molar-refractivity contribution < 1.29 is 4.79 Å². The maximum Gasteiger partial charge on any atom is 0.291 e. The van der Waals surface area contributed by atoms with Gasteiger partial charge in [0.2, 0.25) is 5.91 Å². The van der Waals surface area contributed by atoms with Crippen LogP contribution in [0.15, 0.2) is 95.9 Å². The molecular weight excluding hydrogens is 412 g/mol. The minimum atomic E-state index is -0.276. The van der Waals surface area contributed by atoms with E-state index in [1.807, 2.05) is 96.4 Å². The van der Waals surface area contributed by atoms with Gasteiger partial charge >= 0.3 is 0 Å². The predicted octanol–water partition coefficient (Wildman–Crippen LogP) is 4.28. The molecule has 0 aliphatic rings. The van der Waals surface area contributed by atoms with Crippen LogP contribution in [0.5, 0.6) is 0 Å². The van der Waals surface area contributed by atoms with Crippen molar-refractivity contribution in [1.29, 1.82) is 0 Å². The fourth-order valence-corrected chi connectivity index (χ4v) is 4.28. The summed E-state index contributed by atoms with van der Waals surface area (Å²) in [4.78, 5) is 26.2. The van der Waals surface area contributed by atoms with Gasteiger partial charge in [0.25, 0.3) is 5.56 Å². The topological polar surface area (TPSA) is 68.9 Å². The second-order valence-corrected chi connectivity index (χ2v) is 8.16. The maximum atomic E-state index is 13.5. The van der Waals surface area contributed by atoms with E-state index in [2.05, 4.69) is 10.4 Å². The molecule has 0 saturated carbocycles. The number of hydrogen-bond acceptors (Lipinski definition) is 3. The molecule has 0 aliphatic carbocycles. The molecule has 0 saturated heterocycles. The summed E-state index contributed by atoms with van der Waals surface area (Å²) in [6.07, 6.45) is 1.69. The summed E-state index contributed by atoms with van der Waals surface area (Å²) in [6.45, 7) is 2.34. The second kappa shape index (κ2) is 8.74. The molecule has 1 amide bonds. The first-order chi connectivity index (χ1) is 16.1. The molecule has 5 rings (SSSR count). The van der Waals surface area contributed by atoms with E-state index < -0.39 is 0 Å². The lowest BCUT2D eigenvalue weighted by Gasteiger charge is -2.14. The van der Waals surface area contributed by atoms with Crippen LogP contribution in [0.2, 0.25) is 0 Å². The van der Waals surface area contributed by atoms with E-state index in [1.54, 1.807) is 6.20 Å². The first-order valence-corrected chi connectivity index (χ1v) is 11.0. The lowest BCUT2D eigenvalue weighted by Crippen LogP contribution is -2.35. The lowest BCUT2D eigenvalue weighted by atomic mass is 10.1. The Morgan fingerprint density at radius 1 is 0.909 bits per heavy atom. The zero-order valence-electron chi connectivity index (χ0n) is 18.3. The van der Waals surface area contributed by atoms with Crippen LogP contribution in [0.25, 0.3) is 21.8 Å². The zero-order chi connectivity index (χ0) is 22.8. The van der Waals surface area contributed by atoms with Gasteiger partial charge in [-0.2, -0.15) is 5.10 Å². The molecule has 1 unspecified atom stereocenters. The Balaban J connectivity index is 1.51. The number of aromatic nitrogens is 3. The number of rotatable bonds is 6. The van der Waals surface area contributed by atoms with Crippen molar-refractivity contribution in [2.24, 2.45) is 0 Å². The molecule has 6 nitrogen and oxygen atoms in total. The monoisotopic (exact) mass is 436 g/mol. The van der Waals surface area contributed by atoms with Gasteiger partial charge in [-0.1, -0.05) is 78.9 Å². The lowest BCUT2D eigenvalue weighted by molar-refractivity contribution is -0.122. The van der Waals surface area contributed by atoms with Crippen molar-refractivity contribution in [2.45, 2.75) is 26.1 Å². The van der Waals surface area contributed by atoms with E-state index in [1.165, 1.54) is 4.68 Å². The van der Waals surface area contributed by atoms with Gasteiger partial charge in [-0.05, 0) is 24.1 Å². The average molecular weight is 437 g/mol. The van der Waals surface area contributed by atoms with Gasteiger partial charge in [0.15, 0.2) is 0 Å². The molecule has 1 atom stereocenters. The van der Waals surface area contributed by atoms with Crippen molar-refractivity contribution >= 4 is 27.7 Å². The number of nitrogens with zero attached hydrogens (tertiary/aromatic N) is 3. The van der Waals surface area contributed by atoms with Gasteiger partial charge in [0, 0.05) is 22.8 Å². The minimum Gasteiger partial charge on any atom is -0.348 e. The molecule has 2 aromatic heterocycles. The standard InChI is InChI=1S/C27H24N4O2/c1-19(21-12-6-3-7-13-21)29-25(32)18-31-27(33)26-23(16-28-31)22-14-8-9-15-24(22)30(26)17-20-10-4-2-5-11-20/h2-16,19H,17-18H2,1H3,(H,29,32). The van der Waals surface area contributed by atoms with Gasteiger partial charge in [-0.3, -0.25) is 9.59 Å². The van der Waals surface area contributed by atoms with E-state index in [4.69, 9.17) is 0 Å². The van der Waals surface area contributed by atoms with Crippen molar-refractivity contribution in [2.75, 3.05) is 0 Å². The smallest absolute Gasteiger partial charge is 0.291 e. The highest BCUT2D eigenvalue weighted by molar-refractivity contribution is 6.07.